The van der Waals surface area contributed by atoms with E-state index in [0.29, 0.717) is 12.8 Å². The Kier molecular flexibility index (Phi) is 6.10. The molecule has 0 spiro atoms. The molecule has 1 amide bonds. The number of hydrogen-bond donors (Lipinski definition) is 2. The summed E-state index contributed by atoms with van der Waals surface area (Å²) in [5.41, 5.74) is 0. The zero-order chi connectivity index (χ0) is 14.5. The predicted molar refractivity (Wildman–Crippen MR) is 67.7 cm³/mol. The van der Waals surface area contributed by atoms with E-state index >= 15 is 0 Å². The minimum atomic E-state index is -4.18. The number of hydrogen-bond acceptors (Lipinski definition) is 2. The molecule has 3 atom stereocenters. The summed E-state index contributed by atoms with van der Waals surface area (Å²) < 4.78 is 38.5. The first-order valence-electron chi connectivity index (χ1n) is 6.94. The maximum atomic E-state index is 12.8. The fourth-order valence-corrected chi connectivity index (χ4v) is 2.42. The van der Waals surface area contributed by atoms with E-state index in [9.17, 15) is 18.0 Å². The van der Waals surface area contributed by atoms with Crippen LogP contribution in [-0.4, -0.2) is 30.7 Å². The number of carbonyl (C=O) groups is 1. The Hall–Kier alpha value is -0.780. The van der Waals surface area contributed by atoms with Gasteiger partial charge >= 0.3 is 6.18 Å². The molecule has 1 rings (SSSR count). The van der Waals surface area contributed by atoms with Crippen LogP contribution >= 0.6 is 0 Å². The smallest absolute Gasteiger partial charge is 0.353 e. The van der Waals surface area contributed by atoms with Crippen molar-refractivity contribution in [2.45, 2.75) is 64.2 Å². The highest BCUT2D eigenvalue weighted by molar-refractivity contribution is 5.78. The molecule has 2 N–H and O–H groups in total. The average molecular weight is 280 g/mol. The molecule has 6 heteroatoms. The third-order valence-electron chi connectivity index (χ3n) is 3.73. The Morgan fingerprint density at radius 2 is 1.95 bits per heavy atom. The van der Waals surface area contributed by atoms with E-state index < -0.39 is 18.1 Å². The molecule has 112 valence electrons. The lowest BCUT2D eigenvalue weighted by Gasteiger charge is -2.33. The van der Waals surface area contributed by atoms with Crippen LogP contribution in [0.1, 0.15) is 46.0 Å². The second kappa shape index (κ2) is 7.12. The summed E-state index contributed by atoms with van der Waals surface area (Å²) in [5, 5.41) is 5.52. The third-order valence-corrected chi connectivity index (χ3v) is 3.73. The molecular formula is C13H23F3N2O. The lowest BCUT2D eigenvalue weighted by atomic mass is 9.84. The highest BCUT2D eigenvalue weighted by Gasteiger charge is 2.45. The number of rotatable bonds is 5. The fraction of sp³-hybridized carbons (Fsp3) is 0.923. The van der Waals surface area contributed by atoms with Crippen molar-refractivity contribution in [2.75, 3.05) is 6.54 Å². The highest BCUT2D eigenvalue weighted by atomic mass is 19.4. The van der Waals surface area contributed by atoms with Crippen LogP contribution in [0.4, 0.5) is 13.2 Å². The van der Waals surface area contributed by atoms with Crippen LogP contribution in [0.25, 0.3) is 0 Å². The van der Waals surface area contributed by atoms with Gasteiger partial charge in [0.1, 0.15) is 0 Å². The third kappa shape index (κ3) is 5.38. The molecule has 3 nitrogen and oxygen atoms in total. The molecule has 0 bridgehead atoms. The predicted octanol–water partition coefficient (Wildman–Crippen LogP) is 2.61. The molecule has 1 fully saturated rings. The molecule has 1 saturated carbocycles. The molecule has 0 radical (unpaired) electrons. The maximum absolute atomic E-state index is 12.8. The quantitative estimate of drug-likeness (QED) is 0.813. The van der Waals surface area contributed by atoms with Crippen LogP contribution in [0.2, 0.25) is 0 Å². The van der Waals surface area contributed by atoms with E-state index in [4.69, 9.17) is 0 Å². The summed E-state index contributed by atoms with van der Waals surface area (Å²) in [6, 6.07) is -0.574. The van der Waals surface area contributed by atoms with Crippen molar-refractivity contribution in [1.29, 1.82) is 0 Å². The standard InChI is InChI=1S/C13H23F3N2O/c1-3-9(2)18-12(19)8-17-11-7-5-4-6-10(11)13(14,15)16/h9-11,17H,3-8H2,1-2H3,(H,18,19)/t9-,10-,11-/m0/s1. The molecule has 0 aromatic carbocycles. The van der Waals surface area contributed by atoms with E-state index in [1.54, 1.807) is 0 Å². The molecule has 0 aromatic rings. The van der Waals surface area contributed by atoms with Crippen LogP contribution in [0.3, 0.4) is 0 Å². The first-order chi connectivity index (χ1) is 8.84. The summed E-state index contributed by atoms with van der Waals surface area (Å²) in [7, 11) is 0. The van der Waals surface area contributed by atoms with Gasteiger partial charge in [-0.15, -0.1) is 0 Å². The Morgan fingerprint density at radius 1 is 1.32 bits per heavy atom. The van der Waals surface area contributed by atoms with Crippen molar-refractivity contribution in [2.24, 2.45) is 5.92 Å². The van der Waals surface area contributed by atoms with Crippen LogP contribution in [0, 0.1) is 5.92 Å². The monoisotopic (exact) mass is 280 g/mol. The summed E-state index contributed by atoms with van der Waals surface area (Å²) in [4.78, 5) is 11.6. The van der Waals surface area contributed by atoms with Gasteiger partial charge in [-0.25, -0.2) is 0 Å². The van der Waals surface area contributed by atoms with Gasteiger partial charge < -0.3 is 10.6 Å². The molecule has 1 aliphatic carbocycles. The number of alkyl halides is 3. The summed E-state index contributed by atoms with van der Waals surface area (Å²) in [5.74, 6) is -1.56. The van der Waals surface area contributed by atoms with E-state index in [0.717, 1.165) is 12.8 Å². The van der Waals surface area contributed by atoms with Crippen molar-refractivity contribution in [3.05, 3.63) is 0 Å². The topological polar surface area (TPSA) is 41.1 Å². The molecule has 0 aromatic heterocycles. The molecule has 0 saturated heterocycles. The van der Waals surface area contributed by atoms with Gasteiger partial charge in [-0.3, -0.25) is 4.79 Å². The Morgan fingerprint density at radius 3 is 2.53 bits per heavy atom. The number of amides is 1. The van der Waals surface area contributed by atoms with Gasteiger partial charge in [0.2, 0.25) is 5.91 Å². The second-order valence-corrected chi connectivity index (χ2v) is 5.30. The van der Waals surface area contributed by atoms with Gasteiger partial charge in [-0.2, -0.15) is 13.2 Å². The molecule has 19 heavy (non-hydrogen) atoms. The van der Waals surface area contributed by atoms with Gasteiger partial charge in [0, 0.05) is 12.1 Å². The van der Waals surface area contributed by atoms with E-state index in [-0.39, 0.29) is 24.9 Å². The lowest BCUT2D eigenvalue weighted by Crippen LogP contribution is -2.49. The largest absolute Gasteiger partial charge is 0.393 e. The minimum Gasteiger partial charge on any atom is -0.353 e. The summed E-state index contributed by atoms with van der Waals surface area (Å²) in [6.45, 7) is 3.78. The SMILES string of the molecule is CC[C@H](C)NC(=O)CN[C@H]1CCCC[C@@H]1C(F)(F)F. The van der Waals surface area contributed by atoms with Crippen molar-refractivity contribution in [3.63, 3.8) is 0 Å². The van der Waals surface area contributed by atoms with E-state index in [1.165, 1.54) is 0 Å². The van der Waals surface area contributed by atoms with E-state index in [2.05, 4.69) is 10.6 Å². The van der Waals surface area contributed by atoms with Crippen LogP contribution < -0.4 is 10.6 Å². The Balaban J connectivity index is 2.43. The van der Waals surface area contributed by atoms with Gasteiger partial charge in [0.25, 0.3) is 0 Å². The van der Waals surface area contributed by atoms with Crippen molar-refractivity contribution in [1.82, 2.24) is 10.6 Å². The van der Waals surface area contributed by atoms with Crippen LogP contribution in [0.5, 0.6) is 0 Å². The van der Waals surface area contributed by atoms with Crippen molar-refractivity contribution < 1.29 is 18.0 Å². The summed E-state index contributed by atoms with van der Waals surface area (Å²) in [6.07, 6.45) is -1.32. The first-order valence-corrected chi connectivity index (χ1v) is 6.94. The average Bonchev–Trinajstić information content (AvgIpc) is 2.35. The Labute approximate surface area is 112 Å². The van der Waals surface area contributed by atoms with E-state index in [1.807, 2.05) is 13.8 Å². The number of carbonyl (C=O) groups excluding carboxylic acids is 1. The van der Waals surface area contributed by atoms with Gasteiger partial charge in [-0.1, -0.05) is 19.8 Å². The molecule has 0 unspecified atom stereocenters. The summed E-state index contributed by atoms with van der Waals surface area (Å²) >= 11 is 0. The Bertz CT molecular complexity index is 294. The number of halogens is 3. The highest BCUT2D eigenvalue weighted by Crippen LogP contribution is 2.37. The van der Waals surface area contributed by atoms with Crippen molar-refractivity contribution >= 4 is 5.91 Å². The molecule has 1 aliphatic rings. The maximum Gasteiger partial charge on any atom is 0.393 e. The van der Waals surface area contributed by atoms with Crippen molar-refractivity contribution in [3.8, 4) is 0 Å². The molecule has 0 aliphatic heterocycles. The van der Waals surface area contributed by atoms with Gasteiger partial charge in [-0.05, 0) is 26.2 Å². The first kappa shape index (κ1) is 16.3. The second-order valence-electron chi connectivity index (χ2n) is 5.30. The zero-order valence-corrected chi connectivity index (χ0v) is 11.5. The molecule has 0 heterocycles. The fourth-order valence-electron chi connectivity index (χ4n) is 2.42. The van der Waals surface area contributed by atoms with Gasteiger partial charge in [0.15, 0.2) is 0 Å². The van der Waals surface area contributed by atoms with Crippen LogP contribution in [-0.2, 0) is 4.79 Å². The minimum absolute atomic E-state index is 0.0401. The zero-order valence-electron chi connectivity index (χ0n) is 11.5. The number of nitrogens with one attached hydrogen (secondary N) is 2. The normalized spacial score (nSPS) is 25.9. The van der Waals surface area contributed by atoms with Crippen LogP contribution in [0.15, 0.2) is 0 Å². The lowest BCUT2D eigenvalue weighted by molar-refractivity contribution is -0.189. The van der Waals surface area contributed by atoms with Gasteiger partial charge in [0.05, 0.1) is 12.5 Å². The molecular weight excluding hydrogens is 257 g/mol.